The van der Waals surface area contributed by atoms with Gasteiger partial charge in [-0.3, -0.25) is 4.79 Å². The van der Waals surface area contributed by atoms with E-state index in [2.05, 4.69) is 10.3 Å². The summed E-state index contributed by atoms with van der Waals surface area (Å²) in [7, 11) is -2.70. The molecule has 11 heteroatoms. The first-order valence-corrected chi connectivity index (χ1v) is 8.90. The van der Waals surface area contributed by atoms with E-state index in [9.17, 15) is 22.4 Å². The van der Waals surface area contributed by atoms with Crippen molar-refractivity contribution in [1.82, 2.24) is 9.71 Å². The van der Waals surface area contributed by atoms with Crippen molar-refractivity contribution in [2.24, 2.45) is 0 Å². The molecule has 1 amide bonds. The summed E-state index contributed by atoms with van der Waals surface area (Å²) in [5.41, 5.74) is -0.612. The highest BCUT2D eigenvalue weighted by Crippen LogP contribution is 2.16. The molecule has 2 rings (SSSR count). The van der Waals surface area contributed by atoms with Crippen LogP contribution in [0.4, 0.5) is 10.2 Å². The molecule has 1 heterocycles. The van der Waals surface area contributed by atoms with Gasteiger partial charge in [-0.15, -0.1) is 0 Å². The van der Waals surface area contributed by atoms with Gasteiger partial charge < -0.3 is 10.1 Å². The maximum Gasteiger partial charge on any atom is 0.341 e. The Kier molecular flexibility index (Phi) is 6.24. The number of pyridine rings is 1. The highest BCUT2D eigenvalue weighted by molar-refractivity contribution is 7.89. The number of hydrogen-bond acceptors (Lipinski definition) is 6. The zero-order chi connectivity index (χ0) is 19.3. The van der Waals surface area contributed by atoms with Gasteiger partial charge in [0.1, 0.15) is 11.6 Å². The first kappa shape index (κ1) is 19.8. The first-order valence-electron chi connectivity index (χ1n) is 7.04. The fourth-order valence-corrected chi connectivity index (χ4v) is 2.65. The van der Waals surface area contributed by atoms with Crippen LogP contribution in [0.5, 0.6) is 0 Å². The van der Waals surface area contributed by atoms with E-state index >= 15 is 0 Å². The van der Waals surface area contributed by atoms with Gasteiger partial charge in [0.2, 0.25) is 10.0 Å². The first-order chi connectivity index (χ1) is 12.2. The fraction of sp³-hybridized carbons (Fsp3) is 0.133. The predicted octanol–water partition coefficient (Wildman–Crippen LogP) is 1.58. The average molecular weight is 402 g/mol. The molecule has 1 aromatic heterocycles. The number of ether oxygens (including phenoxy) is 1. The average Bonchev–Trinajstić information content (AvgIpc) is 2.62. The molecule has 2 aromatic rings. The topological polar surface area (TPSA) is 114 Å². The molecule has 0 saturated carbocycles. The smallest absolute Gasteiger partial charge is 0.341 e. The summed E-state index contributed by atoms with van der Waals surface area (Å²) in [6.07, 6.45) is 1.31. The van der Waals surface area contributed by atoms with Crippen molar-refractivity contribution >= 4 is 39.3 Å². The third kappa shape index (κ3) is 4.97. The predicted molar refractivity (Wildman–Crippen MR) is 90.8 cm³/mol. The van der Waals surface area contributed by atoms with Crippen LogP contribution in [0.15, 0.2) is 41.4 Å². The zero-order valence-corrected chi connectivity index (χ0v) is 14.9. The normalized spacial score (nSPS) is 11.0. The maximum atomic E-state index is 13.8. The van der Waals surface area contributed by atoms with E-state index < -0.39 is 39.9 Å². The van der Waals surface area contributed by atoms with Gasteiger partial charge in [0.25, 0.3) is 5.91 Å². The van der Waals surface area contributed by atoms with Gasteiger partial charge in [0.05, 0.1) is 15.5 Å². The van der Waals surface area contributed by atoms with Crippen LogP contribution < -0.4 is 10.0 Å². The van der Waals surface area contributed by atoms with Gasteiger partial charge >= 0.3 is 5.97 Å². The van der Waals surface area contributed by atoms with Gasteiger partial charge in [-0.05, 0) is 37.4 Å². The van der Waals surface area contributed by atoms with Crippen LogP contribution in [-0.2, 0) is 19.6 Å². The summed E-state index contributed by atoms with van der Waals surface area (Å²) < 4.78 is 44.0. The molecule has 0 atom stereocenters. The molecule has 1 aromatic carbocycles. The van der Waals surface area contributed by atoms with Crippen molar-refractivity contribution < 1.29 is 27.1 Å². The molecular weight excluding hydrogens is 389 g/mol. The van der Waals surface area contributed by atoms with E-state index in [1.807, 2.05) is 4.72 Å². The summed E-state index contributed by atoms with van der Waals surface area (Å²) in [5, 5.41) is 2.73. The van der Waals surface area contributed by atoms with E-state index in [-0.39, 0.29) is 10.7 Å². The van der Waals surface area contributed by atoms with Crippen molar-refractivity contribution in [3.8, 4) is 0 Å². The number of rotatable bonds is 6. The van der Waals surface area contributed by atoms with Gasteiger partial charge in [-0.25, -0.2) is 27.3 Å². The quantitative estimate of drug-likeness (QED) is 0.710. The third-order valence-corrected chi connectivity index (χ3v) is 4.70. The number of benzene rings is 1. The minimum atomic E-state index is -3.87. The lowest BCUT2D eigenvalue weighted by Gasteiger charge is -2.08. The minimum absolute atomic E-state index is 0.184. The van der Waals surface area contributed by atoms with Crippen LogP contribution in [0.25, 0.3) is 0 Å². The number of carbonyl (C=O) groups is 2. The number of carbonyl (C=O) groups excluding carboxylic acids is 2. The third-order valence-electron chi connectivity index (χ3n) is 3.07. The number of anilines is 1. The Labute approximate surface area is 153 Å². The minimum Gasteiger partial charge on any atom is -0.452 e. The molecule has 0 bridgehead atoms. The molecule has 0 unspecified atom stereocenters. The summed E-state index contributed by atoms with van der Waals surface area (Å²) in [6, 6.07) is 5.57. The number of esters is 1. The van der Waals surface area contributed by atoms with Gasteiger partial charge in [0.15, 0.2) is 6.61 Å². The number of halogens is 2. The lowest BCUT2D eigenvalue weighted by molar-refractivity contribution is -0.119. The van der Waals surface area contributed by atoms with Crippen LogP contribution in [0, 0.1) is 5.82 Å². The van der Waals surface area contributed by atoms with E-state index in [1.165, 1.54) is 25.4 Å². The van der Waals surface area contributed by atoms with Crippen molar-refractivity contribution in [3.05, 3.63) is 52.9 Å². The molecule has 26 heavy (non-hydrogen) atoms. The molecule has 0 aliphatic rings. The second-order valence-electron chi connectivity index (χ2n) is 4.84. The lowest BCUT2D eigenvalue weighted by atomic mass is 10.2. The summed E-state index contributed by atoms with van der Waals surface area (Å²) >= 11 is 5.66. The van der Waals surface area contributed by atoms with Crippen LogP contribution >= 0.6 is 11.6 Å². The molecule has 138 valence electrons. The monoisotopic (exact) mass is 401 g/mol. The number of nitrogens with one attached hydrogen (secondary N) is 2. The van der Waals surface area contributed by atoms with Gasteiger partial charge in [-0.1, -0.05) is 11.6 Å². The van der Waals surface area contributed by atoms with Crippen molar-refractivity contribution in [1.29, 1.82) is 0 Å². The van der Waals surface area contributed by atoms with Gasteiger partial charge in [-0.2, -0.15) is 0 Å². The Morgan fingerprint density at radius 1 is 1.27 bits per heavy atom. The Hall–Kier alpha value is -2.56. The molecular formula is C15H13ClFN3O5S. The van der Waals surface area contributed by atoms with E-state index in [0.717, 1.165) is 18.2 Å². The Morgan fingerprint density at radius 2 is 2.00 bits per heavy atom. The number of amides is 1. The van der Waals surface area contributed by atoms with E-state index in [1.54, 1.807) is 0 Å². The number of hydrogen-bond donors (Lipinski definition) is 2. The van der Waals surface area contributed by atoms with E-state index in [4.69, 9.17) is 16.3 Å². The Morgan fingerprint density at radius 3 is 2.62 bits per heavy atom. The highest BCUT2D eigenvalue weighted by atomic mass is 35.5. The second kappa shape index (κ2) is 8.21. The van der Waals surface area contributed by atoms with Crippen molar-refractivity contribution in [3.63, 3.8) is 0 Å². The van der Waals surface area contributed by atoms with Crippen LogP contribution in [0.2, 0.25) is 5.02 Å². The second-order valence-corrected chi connectivity index (χ2v) is 7.16. The van der Waals surface area contributed by atoms with Crippen LogP contribution in [-0.4, -0.2) is 38.9 Å². The Bertz CT molecular complexity index is 935. The SMILES string of the molecule is CNS(=O)(=O)c1ccc(F)c(C(=O)OCC(=O)Nc2ccc(Cl)cn2)c1. The maximum absolute atomic E-state index is 13.8. The number of sulfonamides is 1. The Balaban J connectivity index is 2.04. The molecule has 2 N–H and O–H groups in total. The largest absolute Gasteiger partial charge is 0.452 e. The van der Waals surface area contributed by atoms with Crippen molar-refractivity contribution in [2.45, 2.75) is 4.90 Å². The molecule has 0 spiro atoms. The van der Waals surface area contributed by atoms with Crippen LogP contribution in [0.3, 0.4) is 0 Å². The van der Waals surface area contributed by atoms with Crippen LogP contribution in [0.1, 0.15) is 10.4 Å². The molecule has 0 saturated heterocycles. The summed E-state index contributed by atoms with van der Waals surface area (Å²) in [5.74, 6) is -2.70. The lowest BCUT2D eigenvalue weighted by Crippen LogP contribution is -2.22. The number of aromatic nitrogens is 1. The zero-order valence-electron chi connectivity index (χ0n) is 13.3. The fourth-order valence-electron chi connectivity index (χ4n) is 1.78. The standard InChI is InChI=1S/C15H13ClFN3O5S/c1-18-26(23,24)10-3-4-12(17)11(6-10)15(22)25-8-14(21)20-13-5-2-9(16)7-19-13/h2-7,18H,8H2,1H3,(H,19,20,21). The van der Waals surface area contributed by atoms with E-state index in [0.29, 0.717) is 5.02 Å². The summed E-state index contributed by atoms with van der Waals surface area (Å²) in [4.78, 5) is 27.2. The summed E-state index contributed by atoms with van der Waals surface area (Å²) in [6.45, 7) is -0.717. The number of nitrogens with zero attached hydrogens (tertiary/aromatic N) is 1. The molecule has 0 radical (unpaired) electrons. The molecule has 0 fully saturated rings. The van der Waals surface area contributed by atoms with Gasteiger partial charge in [0, 0.05) is 6.20 Å². The molecule has 0 aliphatic heterocycles. The molecule has 8 nitrogen and oxygen atoms in total. The molecule has 0 aliphatic carbocycles. The van der Waals surface area contributed by atoms with Crippen molar-refractivity contribution in [2.75, 3.05) is 19.0 Å². The highest BCUT2D eigenvalue weighted by Gasteiger charge is 2.20.